The molecule has 12 heteroatoms. The molecule has 11 nitrogen and oxygen atoms in total. The summed E-state index contributed by atoms with van der Waals surface area (Å²) in [5, 5.41) is 2.48. The molecule has 3 aromatic carbocycles. The first-order valence-corrected chi connectivity index (χ1v) is 23.9. The van der Waals surface area contributed by atoms with Crippen LogP contribution in [0.2, 0.25) is 0 Å². The van der Waals surface area contributed by atoms with Crippen LogP contribution in [0.5, 0.6) is 11.5 Å². The highest BCUT2D eigenvalue weighted by Gasteiger charge is 2.32. The zero-order chi connectivity index (χ0) is 42.9. The number of imide groups is 1. The second-order valence-electron chi connectivity index (χ2n) is 17.4. The van der Waals surface area contributed by atoms with Gasteiger partial charge in [-0.1, -0.05) is 30.3 Å². The van der Waals surface area contributed by atoms with Crippen LogP contribution in [0.4, 0.5) is 5.69 Å². The van der Waals surface area contributed by atoms with E-state index in [1.165, 1.54) is 31.5 Å². The lowest BCUT2D eigenvalue weighted by Gasteiger charge is -2.41. The van der Waals surface area contributed by atoms with Gasteiger partial charge in [0.2, 0.25) is 11.8 Å². The van der Waals surface area contributed by atoms with E-state index in [9.17, 15) is 19.2 Å². The van der Waals surface area contributed by atoms with Crippen molar-refractivity contribution in [1.29, 1.82) is 0 Å². The third-order valence-electron chi connectivity index (χ3n) is 14.0. The summed E-state index contributed by atoms with van der Waals surface area (Å²) in [7, 11) is 3.43. The van der Waals surface area contributed by atoms with Gasteiger partial charge >= 0.3 is 0 Å². The third kappa shape index (κ3) is 10.8. The minimum absolute atomic E-state index is 0.168. The third-order valence-corrected chi connectivity index (χ3v) is 14.6. The van der Waals surface area contributed by atoms with Gasteiger partial charge in [0.1, 0.15) is 0 Å². The van der Waals surface area contributed by atoms with Crippen LogP contribution in [-0.2, 0) is 9.59 Å². The topological polar surface area (TPSA) is 112 Å². The highest BCUT2D eigenvalue weighted by Crippen LogP contribution is 2.37. The summed E-state index contributed by atoms with van der Waals surface area (Å²) in [5.74, 6) is 3.31. The Labute approximate surface area is 366 Å². The Morgan fingerprint density at radius 2 is 1.48 bits per heavy atom. The minimum Gasteiger partial charge on any atom is -0.493 e. The average Bonchev–Trinajstić information content (AvgIpc) is 3.30. The molecule has 0 aliphatic carbocycles. The molecule has 61 heavy (non-hydrogen) atoms. The fourth-order valence-corrected chi connectivity index (χ4v) is 10.9. The largest absolute Gasteiger partial charge is 0.493 e. The molecule has 7 rings (SSSR count). The van der Waals surface area contributed by atoms with Gasteiger partial charge in [-0.3, -0.25) is 24.5 Å². The normalized spacial score (nSPS) is 20.6. The van der Waals surface area contributed by atoms with E-state index in [1.54, 1.807) is 23.8 Å². The first kappa shape index (κ1) is 44.7. The van der Waals surface area contributed by atoms with Gasteiger partial charge in [0.25, 0.3) is 5.91 Å². The summed E-state index contributed by atoms with van der Waals surface area (Å²) >= 11 is 1.67. The molecule has 3 aromatic rings. The summed E-state index contributed by atoms with van der Waals surface area (Å²) in [4.78, 5) is 59.7. The van der Waals surface area contributed by atoms with Crippen molar-refractivity contribution in [2.75, 3.05) is 90.0 Å². The van der Waals surface area contributed by atoms with Crippen LogP contribution in [0.3, 0.4) is 0 Å². The van der Waals surface area contributed by atoms with Gasteiger partial charge in [0.15, 0.2) is 17.8 Å². The van der Waals surface area contributed by atoms with Crippen molar-refractivity contribution >= 4 is 41.5 Å². The van der Waals surface area contributed by atoms with Gasteiger partial charge in [-0.15, -0.1) is 0 Å². The predicted octanol–water partition coefficient (Wildman–Crippen LogP) is 7.41. The molecule has 0 radical (unpaired) electrons. The van der Waals surface area contributed by atoms with Gasteiger partial charge in [-0.25, -0.2) is 0 Å². The van der Waals surface area contributed by atoms with E-state index < -0.39 is 0 Å². The van der Waals surface area contributed by atoms with Crippen LogP contribution < -0.4 is 19.7 Å². The number of anilines is 1. The lowest BCUT2D eigenvalue weighted by Crippen LogP contribution is -2.44. The Morgan fingerprint density at radius 1 is 0.836 bits per heavy atom. The number of carbonyl (C=O) groups is 4. The van der Waals surface area contributed by atoms with E-state index >= 15 is 0 Å². The SMILES string of the molecule is CCOc1cc(C(CSC)N(C)C(=O)c2ccc(N3CCC(C4CCN(CCN5CCC(c6ccc(C7CCC(=O)NC7=O)cc6)CC5)CC4)CC3)cc2C=O)ccc1OC. The van der Waals surface area contributed by atoms with Gasteiger partial charge in [0.05, 0.1) is 31.2 Å². The number of benzene rings is 3. The maximum Gasteiger partial charge on any atom is 0.254 e. The smallest absolute Gasteiger partial charge is 0.254 e. The number of carbonyl (C=O) groups excluding carboxylic acids is 4. The van der Waals surface area contributed by atoms with Crippen molar-refractivity contribution in [3.8, 4) is 11.5 Å². The summed E-state index contributed by atoms with van der Waals surface area (Å²) in [6, 6.07) is 19.9. The number of aldehydes is 1. The number of nitrogens with zero attached hydrogens (tertiary/aromatic N) is 4. The zero-order valence-electron chi connectivity index (χ0n) is 36.6. The number of nitrogens with one attached hydrogen (secondary N) is 1. The van der Waals surface area contributed by atoms with Crippen molar-refractivity contribution in [2.24, 2.45) is 11.8 Å². The number of thioether (sulfide) groups is 1. The molecule has 0 aromatic heterocycles. The minimum atomic E-state index is -0.222. The van der Waals surface area contributed by atoms with Gasteiger partial charge in [-0.2, -0.15) is 11.8 Å². The van der Waals surface area contributed by atoms with E-state index in [4.69, 9.17) is 9.47 Å². The van der Waals surface area contributed by atoms with Crippen LogP contribution in [0.1, 0.15) is 114 Å². The second-order valence-corrected chi connectivity index (χ2v) is 18.3. The molecule has 3 amide bonds. The Bertz CT molecular complexity index is 1970. The standard InChI is InChI=1S/C49H65N5O6S/c1-5-60-46-31-39(10-14-45(46)59-3)44(33-61-4)51(2)49(58)43-12-11-41(30-40(43)32-55)54-26-20-37(21-27-54)36-18-24-53(25-19-36)29-28-52-22-16-35(17-23-52)34-6-8-38(9-7-34)42-13-15-47(56)50-48(42)57/h6-12,14,30-32,35-37,42,44H,5,13,15-29,33H2,1-4H3,(H,50,56,57). The van der Waals surface area contributed by atoms with E-state index in [0.29, 0.717) is 53.7 Å². The van der Waals surface area contributed by atoms with Crippen molar-refractivity contribution < 1.29 is 28.7 Å². The lowest BCUT2D eigenvalue weighted by molar-refractivity contribution is -0.134. The molecular weight excluding hydrogens is 787 g/mol. The van der Waals surface area contributed by atoms with E-state index in [-0.39, 0.29) is 29.7 Å². The monoisotopic (exact) mass is 851 g/mol. The predicted molar refractivity (Wildman–Crippen MR) is 243 cm³/mol. The van der Waals surface area contributed by atoms with Gasteiger partial charge in [-0.05, 0) is 149 Å². The molecule has 2 atom stereocenters. The summed E-state index contributed by atoms with van der Waals surface area (Å²) in [5.41, 5.74) is 5.19. The van der Waals surface area contributed by atoms with Crippen molar-refractivity contribution in [3.63, 3.8) is 0 Å². The fourth-order valence-electron chi connectivity index (χ4n) is 10.2. The summed E-state index contributed by atoms with van der Waals surface area (Å²) in [6.07, 6.45) is 11.0. The van der Waals surface area contributed by atoms with E-state index in [2.05, 4.69) is 44.3 Å². The summed E-state index contributed by atoms with van der Waals surface area (Å²) < 4.78 is 11.3. The van der Waals surface area contributed by atoms with Crippen LogP contribution in [-0.4, -0.2) is 124 Å². The molecule has 2 unspecified atom stereocenters. The van der Waals surface area contributed by atoms with Crippen LogP contribution in [0.25, 0.3) is 0 Å². The van der Waals surface area contributed by atoms with E-state index in [0.717, 1.165) is 99.9 Å². The maximum absolute atomic E-state index is 14.0. The van der Waals surface area contributed by atoms with Crippen molar-refractivity contribution in [3.05, 3.63) is 88.5 Å². The zero-order valence-corrected chi connectivity index (χ0v) is 37.4. The number of likely N-dealkylation sites (tertiary alicyclic amines) is 2. The van der Waals surface area contributed by atoms with Gasteiger partial charge in [0, 0.05) is 56.7 Å². The number of methoxy groups -OCH3 is 1. The molecule has 0 saturated carbocycles. The fraction of sp³-hybridized carbons (Fsp3) is 0.551. The number of piperidine rings is 4. The molecule has 4 fully saturated rings. The number of hydrogen-bond donors (Lipinski definition) is 1. The Morgan fingerprint density at radius 3 is 2.08 bits per heavy atom. The van der Waals surface area contributed by atoms with Crippen molar-refractivity contribution in [1.82, 2.24) is 20.0 Å². The lowest BCUT2D eigenvalue weighted by atomic mass is 9.78. The van der Waals surface area contributed by atoms with Crippen molar-refractivity contribution in [2.45, 2.75) is 76.2 Å². The molecule has 4 heterocycles. The second kappa shape index (κ2) is 21.1. The highest BCUT2D eigenvalue weighted by molar-refractivity contribution is 7.98. The number of amides is 3. The molecule has 0 bridgehead atoms. The Balaban J connectivity index is 0.839. The molecule has 1 N–H and O–H groups in total. The Kier molecular flexibility index (Phi) is 15.5. The molecule has 4 aliphatic heterocycles. The summed E-state index contributed by atoms with van der Waals surface area (Å²) in [6.45, 7) is 11.2. The molecule has 4 aliphatic rings. The molecule has 328 valence electrons. The molecule has 4 saturated heterocycles. The highest BCUT2D eigenvalue weighted by atomic mass is 32.2. The maximum atomic E-state index is 14.0. The van der Waals surface area contributed by atoms with Crippen LogP contribution in [0, 0.1) is 11.8 Å². The van der Waals surface area contributed by atoms with Crippen LogP contribution in [0.15, 0.2) is 60.7 Å². The van der Waals surface area contributed by atoms with E-state index in [1.807, 2.05) is 56.6 Å². The number of ether oxygens (including phenoxy) is 2. The molecular formula is C49H65N5O6S. The number of rotatable bonds is 16. The number of hydrogen-bond acceptors (Lipinski definition) is 10. The first-order valence-electron chi connectivity index (χ1n) is 22.5. The molecule has 0 spiro atoms. The Hall–Kier alpha value is -4.39. The first-order chi connectivity index (χ1) is 29.7. The quantitative estimate of drug-likeness (QED) is 0.116. The average molecular weight is 852 g/mol. The van der Waals surface area contributed by atoms with Gasteiger partial charge < -0.3 is 29.1 Å². The van der Waals surface area contributed by atoms with Crippen LogP contribution >= 0.6 is 11.8 Å².